The van der Waals surface area contributed by atoms with E-state index in [0.717, 1.165) is 23.4 Å². The highest BCUT2D eigenvalue weighted by molar-refractivity contribution is 8.00. The van der Waals surface area contributed by atoms with Gasteiger partial charge in [-0.1, -0.05) is 48.5 Å². The van der Waals surface area contributed by atoms with Gasteiger partial charge in [-0.2, -0.15) is 0 Å². The van der Waals surface area contributed by atoms with Gasteiger partial charge in [0.2, 0.25) is 5.91 Å². The second kappa shape index (κ2) is 7.89. The Labute approximate surface area is 163 Å². The number of fused-ring (bicyclic) bond motifs is 1. The van der Waals surface area contributed by atoms with E-state index in [9.17, 15) is 9.90 Å². The van der Waals surface area contributed by atoms with Gasteiger partial charge in [0.25, 0.3) is 0 Å². The van der Waals surface area contributed by atoms with Gasteiger partial charge in [-0.3, -0.25) is 4.79 Å². The Morgan fingerprint density at radius 1 is 1.00 bits per heavy atom. The highest BCUT2D eigenvalue weighted by Gasteiger charge is 2.18. The molecule has 0 saturated heterocycles. The number of phenols is 1. The number of carbonyl (C=O) groups is 1. The molecule has 0 saturated carbocycles. The van der Waals surface area contributed by atoms with E-state index in [1.807, 2.05) is 29.2 Å². The highest BCUT2D eigenvalue weighted by Crippen LogP contribution is 2.26. The van der Waals surface area contributed by atoms with Crippen LogP contribution in [0.15, 0.2) is 77.7 Å². The molecule has 0 spiro atoms. The molecule has 0 bridgehead atoms. The summed E-state index contributed by atoms with van der Waals surface area (Å²) in [6.07, 6.45) is 2.96. The molecule has 136 valence electrons. The van der Waals surface area contributed by atoms with Crippen LogP contribution in [-0.2, 0) is 4.79 Å². The maximum atomic E-state index is 12.6. The van der Waals surface area contributed by atoms with Crippen molar-refractivity contribution < 1.29 is 9.90 Å². The Morgan fingerprint density at radius 3 is 2.52 bits per heavy atom. The van der Waals surface area contributed by atoms with E-state index in [1.54, 1.807) is 23.9 Å². The van der Waals surface area contributed by atoms with Crippen LogP contribution in [0.5, 0.6) is 5.75 Å². The zero-order chi connectivity index (χ0) is 18.6. The molecule has 3 aromatic rings. The summed E-state index contributed by atoms with van der Waals surface area (Å²) >= 11 is 1.60. The van der Waals surface area contributed by atoms with E-state index in [1.165, 1.54) is 16.3 Å². The number of hydrogen-bond donors (Lipinski definition) is 1. The number of carbonyl (C=O) groups excluding carboxylic acids is 1. The average Bonchev–Trinajstić information content (AvgIpc) is 2.72. The van der Waals surface area contributed by atoms with Crippen molar-refractivity contribution in [2.75, 3.05) is 18.8 Å². The van der Waals surface area contributed by atoms with Gasteiger partial charge < -0.3 is 10.0 Å². The highest BCUT2D eigenvalue weighted by atomic mass is 32.2. The average molecular weight is 375 g/mol. The first-order valence-electron chi connectivity index (χ1n) is 9.07. The number of rotatable bonds is 4. The summed E-state index contributed by atoms with van der Waals surface area (Å²) in [4.78, 5) is 15.6. The van der Waals surface area contributed by atoms with Crippen LogP contribution in [0.3, 0.4) is 0 Å². The van der Waals surface area contributed by atoms with Crippen LogP contribution < -0.4 is 0 Å². The van der Waals surface area contributed by atoms with Gasteiger partial charge in [-0.05, 0) is 52.6 Å². The maximum Gasteiger partial charge on any atom is 0.233 e. The molecule has 1 aliphatic heterocycles. The van der Waals surface area contributed by atoms with Crippen molar-refractivity contribution in [3.63, 3.8) is 0 Å². The molecule has 4 heteroatoms. The number of benzene rings is 3. The van der Waals surface area contributed by atoms with Gasteiger partial charge >= 0.3 is 0 Å². The Balaban J connectivity index is 1.35. The van der Waals surface area contributed by atoms with Crippen molar-refractivity contribution in [1.29, 1.82) is 0 Å². The predicted octanol–water partition coefficient (Wildman–Crippen LogP) is 4.95. The summed E-state index contributed by atoms with van der Waals surface area (Å²) < 4.78 is 0. The molecule has 0 aromatic heterocycles. The molecule has 1 heterocycles. The van der Waals surface area contributed by atoms with E-state index in [2.05, 4.69) is 36.4 Å². The fourth-order valence-corrected chi connectivity index (χ4v) is 4.17. The van der Waals surface area contributed by atoms with Gasteiger partial charge in [0.1, 0.15) is 5.75 Å². The van der Waals surface area contributed by atoms with E-state index in [0.29, 0.717) is 12.3 Å². The van der Waals surface area contributed by atoms with Gasteiger partial charge in [0, 0.05) is 18.0 Å². The molecule has 0 unspecified atom stereocenters. The third-order valence-electron chi connectivity index (χ3n) is 4.88. The molecule has 0 fully saturated rings. The largest absolute Gasteiger partial charge is 0.508 e. The summed E-state index contributed by atoms with van der Waals surface area (Å²) in [5.74, 6) is 0.910. The molecule has 1 amide bonds. The van der Waals surface area contributed by atoms with Crippen LogP contribution in [0.25, 0.3) is 16.3 Å². The Hall–Kier alpha value is -2.72. The molecule has 0 radical (unpaired) electrons. The SMILES string of the molecule is O=C(CSc1ccc2ccccc2c1)N1CC=C(c2ccc(O)cc2)CC1. The Morgan fingerprint density at radius 2 is 1.78 bits per heavy atom. The van der Waals surface area contributed by atoms with E-state index < -0.39 is 0 Å². The topological polar surface area (TPSA) is 40.5 Å². The van der Waals surface area contributed by atoms with E-state index in [4.69, 9.17) is 0 Å². The number of amides is 1. The zero-order valence-electron chi connectivity index (χ0n) is 15.0. The summed E-state index contributed by atoms with van der Waals surface area (Å²) in [6.45, 7) is 1.39. The molecule has 0 aliphatic carbocycles. The van der Waals surface area contributed by atoms with Crippen LogP contribution >= 0.6 is 11.8 Å². The zero-order valence-corrected chi connectivity index (χ0v) is 15.8. The summed E-state index contributed by atoms with van der Waals surface area (Å²) in [7, 11) is 0. The van der Waals surface area contributed by atoms with Crippen molar-refractivity contribution in [2.45, 2.75) is 11.3 Å². The second-order valence-electron chi connectivity index (χ2n) is 6.66. The molecule has 1 aliphatic rings. The minimum absolute atomic E-state index is 0.175. The normalized spacial score (nSPS) is 14.2. The Bertz CT molecular complexity index is 995. The monoisotopic (exact) mass is 375 g/mol. The summed E-state index contributed by atoms with van der Waals surface area (Å²) in [5.41, 5.74) is 2.35. The number of nitrogens with zero attached hydrogens (tertiary/aromatic N) is 1. The van der Waals surface area contributed by atoms with Gasteiger partial charge in [-0.15, -0.1) is 11.8 Å². The van der Waals surface area contributed by atoms with Crippen molar-refractivity contribution >= 4 is 34.0 Å². The second-order valence-corrected chi connectivity index (χ2v) is 7.71. The number of phenolic OH excluding ortho intramolecular Hbond substituents is 1. The van der Waals surface area contributed by atoms with Gasteiger partial charge in [0.15, 0.2) is 0 Å². The van der Waals surface area contributed by atoms with E-state index in [-0.39, 0.29) is 11.7 Å². The Kier molecular flexibility index (Phi) is 5.16. The minimum Gasteiger partial charge on any atom is -0.508 e. The molecule has 3 aromatic carbocycles. The smallest absolute Gasteiger partial charge is 0.233 e. The van der Waals surface area contributed by atoms with Crippen LogP contribution in [0.1, 0.15) is 12.0 Å². The lowest BCUT2D eigenvalue weighted by atomic mass is 9.99. The van der Waals surface area contributed by atoms with Crippen molar-refractivity contribution in [3.8, 4) is 5.75 Å². The maximum absolute atomic E-state index is 12.6. The minimum atomic E-state index is 0.175. The first kappa shape index (κ1) is 17.7. The molecule has 0 atom stereocenters. The quantitative estimate of drug-likeness (QED) is 0.656. The van der Waals surface area contributed by atoms with Crippen LogP contribution in [0.4, 0.5) is 0 Å². The third-order valence-corrected chi connectivity index (χ3v) is 5.86. The van der Waals surface area contributed by atoms with Gasteiger partial charge in [0.05, 0.1) is 5.75 Å². The lowest BCUT2D eigenvalue weighted by molar-refractivity contribution is -0.127. The van der Waals surface area contributed by atoms with E-state index >= 15 is 0 Å². The third kappa shape index (κ3) is 4.17. The molecule has 27 heavy (non-hydrogen) atoms. The molecular formula is C23H21NO2S. The predicted molar refractivity (Wildman–Crippen MR) is 112 cm³/mol. The number of thioether (sulfide) groups is 1. The lowest BCUT2D eigenvalue weighted by Crippen LogP contribution is -2.35. The van der Waals surface area contributed by atoms with Crippen molar-refractivity contribution in [3.05, 3.63) is 78.4 Å². The van der Waals surface area contributed by atoms with Gasteiger partial charge in [-0.25, -0.2) is 0 Å². The fraction of sp³-hybridized carbons (Fsp3) is 0.174. The van der Waals surface area contributed by atoms with Crippen LogP contribution in [0.2, 0.25) is 0 Å². The van der Waals surface area contributed by atoms with Crippen molar-refractivity contribution in [1.82, 2.24) is 4.90 Å². The molecule has 1 N–H and O–H groups in total. The van der Waals surface area contributed by atoms with Crippen LogP contribution in [0, 0.1) is 0 Å². The first-order chi connectivity index (χ1) is 13.2. The molecule has 3 nitrogen and oxygen atoms in total. The number of aromatic hydroxyl groups is 1. The standard InChI is InChI=1S/C23H21NO2S/c25-21-8-5-18(6-9-21)19-11-13-24(14-12-19)23(26)16-27-22-10-7-17-3-1-2-4-20(17)15-22/h1-11,15,25H,12-14,16H2. The summed E-state index contributed by atoms with van der Waals surface area (Å²) in [5, 5.41) is 11.8. The molecule has 4 rings (SSSR count). The van der Waals surface area contributed by atoms with Crippen LogP contribution in [-0.4, -0.2) is 34.8 Å². The number of hydrogen-bond acceptors (Lipinski definition) is 3. The summed E-state index contributed by atoms with van der Waals surface area (Å²) in [6, 6.07) is 21.9. The first-order valence-corrected chi connectivity index (χ1v) is 10.1. The van der Waals surface area contributed by atoms with Crippen molar-refractivity contribution in [2.24, 2.45) is 0 Å². The lowest BCUT2D eigenvalue weighted by Gasteiger charge is -2.26. The molecular weight excluding hydrogens is 354 g/mol. The fourth-order valence-electron chi connectivity index (χ4n) is 3.33.